The molecule has 0 aliphatic carbocycles. The van der Waals surface area contributed by atoms with E-state index < -0.39 is 0 Å². The highest BCUT2D eigenvalue weighted by Crippen LogP contribution is 2.18. The first-order valence-corrected chi connectivity index (χ1v) is 9.17. The van der Waals surface area contributed by atoms with Gasteiger partial charge in [-0.3, -0.25) is 4.79 Å². The van der Waals surface area contributed by atoms with Gasteiger partial charge >= 0.3 is 0 Å². The molecule has 0 saturated heterocycles. The minimum atomic E-state index is -0.0684. The summed E-state index contributed by atoms with van der Waals surface area (Å²) in [5.41, 5.74) is 2.06. The topological polar surface area (TPSA) is 45.2 Å². The summed E-state index contributed by atoms with van der Waals surface area (Å²) in [6, 6.07) is 11.6. The van der Waals surface area contributed by atoms with Crippen molar-refractivity contribution in [3.63, 3.8) is 0 Å². The lowest BCUT2D eigenvalue weighted by Gasteiger charge is -2.23. The second kappa shape index (κ2) is 9.42. The van der Waals surface area contributed by atoms with Crippen molar-refractivity contribution >= 4 is 33.3 Å². The maximum Gasteiger partial charge on any atom is 0.229 e. The molecule has 4 nitrogen and oxygen atoms in total. The number of nitrogens with zero attached hydrogens (tertiary/aromatic N) is 2. The highest BCUT2D eigenvalue weighted by molar-refractivity contribution is 9.10. The van der Waals surface area contributed by atoms with E-state index in [1.807, 2.05) is 42.6 Å². The Morgan fingerprint density at radius 2 is 1.83 bits per heavy atom. The number of hydrogen-bond acceptors (Lipinski definition) is 3. The summed E-state index contributed by atoms with van der Waals surface area (Å²) in [7, 11) is 0. The number of pyridine rings is 1. The van der Waals surface area contributed by atoms with Crippen LogP contribution in [0, 0.1) is 0 Å². The number of amides is 1. The number of aromatic nitrogens is 1. The van der Waals surface area contributed by atoms with Crippen LogP contribution in [0.25, 0.3) is 0 Å². The van der Waals surface area contributed by atoms with Gasteiger partial charge in [-0.25, -0.2) is 4.98 Å². The number of rotatable bonds is 8. The maximum atomic E-state index is 12.2. The summed E-state index contributed by atoms with van der Waals surface area (Å²) in [6.45, 7) is 6.38. The number of nitrogens with one attached hydrogen (secondary N) is 1. The van der Waals surface area contributed by atoms with Gasteiger partial charge in [0.15, 0.2) is 0 Å². The van der Waals surface area contributed by atoms with Crippen molar-refractivity contribution in [1.82, 2.24) is 4.98 Å². The quantitative estimate of drug-likeness (QED) is 0.714. The van der Waals surface area contributed by atoms with E-state index in [0.717, 1.165) is 41.7 Å². The fraction of sp³-hybridized carbons (Fsp3) is 0.368. The van der Waals surface area contributed by atoms with E-state index in [1.165, 1.54) is 0 Å². The zero-order valence-corrected chi connectivity index (χ0v) is 15.8. The average molecular weight is 390 g/mol. The van der Waals surface area contributed by atoms with Gasteiger partial charge in [-0.1, -0.05) is 48.0 Å². The van der Waals surface area contributed by atoms with Crippen LogP contribution in [0.3, 0.4) is 0 Å². The van der Waals surface area contributed by atoms with E-state index in [-0.39, 0.29) is 5.91 Å². The fourth-order valence-corrected chi connectivity index (χ4v) is 2.98. The van der Waals surface area contributed by atoms with Gasteiger partial charge in [-0.2, -0.15) is 0 Å². The van der Waals surface area contributed by atoms with Gasteiger partial charge < -0.3 is 10.2 Å². The second-order valence-corrected chi connectivity index (χ2v) is 6.56. The van der Waals surface area contributed by atoms with Crippen molar-refractivity contribution in [2.24, 2.45) is 0 Å². The van der Waals surface area contributed by atoms with Crippen molar-refractivity contribution in [2.45, 2.75) is 33.1 Å². The SMILES string of the molecule is CCCN(CCC)c1ccc(NC(=O)Cc2ccccc2Br)nc1. The lowest BCUT2D eigenvalue weighted by molar-refractivity contribution is -0.115. The first kappa shape index (κ1) is 18.5. The number of halogens is 1. The number of carbonyl (C=O) groups is 1. The van der Waals surface area contributed by atoms with Crippen molar-refractivity contribution in [3.05, 3.63) is 52.6 Å². The summed E-state index contributed by atoms with van der Waals surface area (Å²) < 4.78 is 0.943. The molecule has 0 radical (unpaired) electrons. The van der Waals surface area contributed by atoms with E-state index in [9.17, 15) is 4.79 Å². The van der Waals surface area contributed by atoms with Crippen LogP contribution in [-0.4, -0.2) is 24.0 Å². The van der Waals surface area contributed by atoms with Crippen molar-refractivity contribution in [2.75, 3.05) is 23.3 Å². The predicted molar refractivity (Wildman–Crippen MR) is 104 cm³/mol. The van der Waals surface area contributed by atoms with Gasteiger partial charge in [-0.15, -0.1) is 0 Å². The van der Waals surface area contributed by atoms with Gasteiger partial charge in [0.1, 0.15) is 5.82 Å². The molecule has 0 aliphatic rings. The second-order valence-electron chi connectivity index (χ2n) is 5.71. The Hall–Kier alpha value is -1.88. The molecule has 1 amide bonds. The summed E-state index contributed by atoms with van der Waals surface area (Å²) in [4.78, 5) is 18.9. The third kappa shape index (κ3) is 5.34. The summed E-state index contributed by atoms with van der Waals surface area (Å²) in [5, 5.41) is 2.86. The molecule has 128 valence electrons. The molecule has 1 N–H and O–H groups in total. The molecule has 0 fully saturated rings. The van der Waals surface area contributed by atoms with Crippen LogP contribution in [0.2, 0.25) is 0 Å². The monoisotopic (exact) mass is 389 g/mol. The molecule has 0 atom stereocenters. The van der Waals surface area contributed by atoms with Gasteiger partial charge in [0.2, 0.25) is 5.91 Å². The molecule has 0 unspecified atom stereocenters. The summed E-state index contributed by atoms with van der Waals surface area (Å²) in [6.07, 6.45) is 4.36. The smallest absolute Gasteiger partial charge is 0.229 e. The van der Waals surface area contributed by atoms with Crippen LogP contribution in [0.15, 0.2) is 47.1 Å². The number of anilines is 2. The predicted octanol–water partition coefficient (Wildman–Crippen LogP) is 4.65. The van der Waals surface area contributed by atoms with Crippen molar-refractivity contribution in [3.8, 4) is 0 Å². The molecule has 2 aromatic rings. The highest BCUT2D eigenvalue weighted by atomic mass is 79.9. The maximum absolute atomic E-state index is 12.2. The normalized spacial score (nSPS) is 10.5. The first-order valence-electron chi connectivity index (χ1n) is 8.38. The van der Waals surface area contributed by atoms with Crippen LogP contribution in [-0.2, 0) is 11.2 Å². The van der Waals surface area contributed by atoms with Gasteiger partial charge in [0, 0.05) is 17.6 Å². The van der Waals surface area contributed by atoms with E-state index >= 15 is 0 Å². The van der Waals surface area contributed by atoms with Crippen LogP contribution < -0.4 is 10.2 Å². The molecule has 1 aromatic carbocycles. The molecular weight excluding hydrogens is 366 g/mol. The Bertz CT molecular complexity index is 652. The van der Waals surface area contributed by atoms with Crippen LogP contribution in [0.5, 0.6) is 0 Å². The lowest BCUT2D eigenvalue weighted by Crippen LogP contribution is -2.25. The fourth-order valence-electron chi connectivity index (χ4n) is 2.56. The largest absolute Gasteiger partial charge is 0.370 e. The summed E-state index contributed by atoms with van der Waals surface area (Å²) >= 11 is 3.46. The van der Waals surface area contributed by atoms with Crippen LogP contribution in [0.1, 0.15) is 32.3 Å². The number of carbonyl (C=O) groups excluding carboxylic acids is 1. The van der Waals surface area contributed by atoms with E-state index in [1.54, 1.807) is 0 Å². The molecule has 24 heavy (non-hydrogen) atoms. The zero-order valence-electron chi connectivity index (χ0n) is 14.3. The summed E-state index contributed by atoms with van der Waals surface area (Å²) in [5.74, 6) is 0.518. The van der Waals surface area contributed by atoms with Crippen LogP contribution >= 0.6 is 15.9 Å². The molecule has 0 aliphatic heterocycles. The van der Waals surface area contributed by atoms with Gasteiger partial charge in [0.25, 0.3) is 0 Å². The third-order valence-corrected chi connectivity index (χ3v) is 4.45. The molecule has 0 spiro atoms. The molecule has 1 heterocycles. The standard InChI is InChI=1S/C19H24BrN3O/c1-3-11-23(12-4-2)16-9-10-18(21-14-16)22-19(24)13-15-7-5-6-8-17(15)20/h5-10,14H,3-4,11-13H2,1-2H3,(H,21,22,24). The van der Waals surface area contributed by atoms with E-state index in [2.05, 4.69) is 45.0 Å². The number of hydrogen-bond donors (Lipinski definition) is 1. The Balaban J connectivity index is 1.98. The minimum Gasteiger partial charge on any atom is -0.370 e. The van der Waals surface area contributed by atoms with Gasteiger partial charge in [0.05, 0.1) is 18.3 Å². The van der Waals surface area contributed by atoms with Crippen molar-refractivity contribution < 1.29 is 4.79 Å². The molecule has 0 bridgehead atoms. The highest BCUT2D eigenvalue weighted by Gasteiger charge is 2.09. The Morgan fingerprint density at radius 1 is 1.12 bits per heavy atom. The molecule has 0 saturated carbocycles. The molecule has 2 rings (SSSR count). The Kier molecular flexibility index (Phi) is 7.25. The van der Waals surface area contributed by atoms with E-state index in [0.29, 0.717) is 12.2 Å². The lowest BCUT2D eigenvalue weighted by atomic mass is 10.1. The van der Waals surface area contributed by atoms with E-state index in [4.69, 9.17) is 0 Å². The first-order chi connectivity index (χ1) is 11.6. The third-order valence-electron chi connectivity index (χ3n) is 3.68. The Labute approximate surface area is 152 Å². The van der Waals surface area contributed by atoms with Gasteiger partial charge in [-0.05, 0) is 36.6 Å². The van der Waals surface area contributed by atoms with Crippen molar-refractivity contribution in [1.29, 1.82) is 0 Å². The molecule has 1 aromatic heterocycles. The minimum absolute atomic E-state index is 0.0684. The van der Waals surface area contributed by atoms with Crippen LogP contribution in [0.4, 0.5) is 11.5 Å². The zero-order chi connectivity index (χ0) is 17.4. The number of benzene rings is 1. The average Bonchev–Trinajstić information content (AvgIpc) is 2.57. The molecule has 5 heteroatoms. The molecular formula is C19H24BrN3O. The Morgan fingerprint density at radius 3 is 2.42 bits per heavy atom.